The number of piperidine rings is 1. The molecule has 5 rings (SSSR count). The van der Waals surface area contributed by atoms with E-state index in [1.807, 2.05) is 12.1 Å². The highest BCUT2D eigenvalue weighted by atomic mass is 32.2. The Hall–Kier alpha value is -1.44. The molecular weight excluding hydrogens is 446 g/mol. The average Bonchev–Trinajstić information content (AvgIpc) is 3.33. The Balaban J connectivity index is 1.11. The summed E-state index contributed by atoms with van der Waals surface area (Å²) >= 11 is 0. The summed E-state index contributed by atoms with van der Waals surface area (Å²) in [6.07, 6.45) is 12.4. The van der Waals surface area contributed by atoms with Crippen LogP contribution in [0.3, 0.4) is 0 Å². The zero-order valence-electron chi connectivity index (χ0n) is 20.3. The van der Waals surface area contributed by atoms with E-state index in [0.29, 0.717) is 23.4 Å². The van der Waals surface area contributed by atoms with E-state index in [0.717, 1.165) is 69.0 Å². The Morgan fingerprint density at radius 1 is 0.882 bits per heavy atom. The number of amides is 1. The summed E-state index contributed by atoms with van der Waals surface area (Å²) < 4.78 is 26.5. The second-order valence-electron chi connectivity index (χ2n) is 11.2. The van der Waals surface area contributed by atoms with Crippen LogP contribution in [0.2, 0.25) is 0 Å². The van der Waals surface area contributed by atoms with Crippen molar-refractivity contribution in [1.82, 2.24) is 16.0 Å². The van der Waals surface area contributed by atoms with Crippen LogP contribution < -0.4 is 16.0 Å². The van der Waals surface area contributed by atoms with Crippen LogP contribution in [0.5, 0.6) is 0 Å². The molecule has 0 radical (unpaired) electrons. The van der Waals surface area contributed by atoms with Crippen molar-refractivity contribution in [2.24, 2.45) is 17.8 Å². The Labute approximate surface area is 205 Å². The van der Waals surface area contributed by atoms with Crippen LogP contribution in [0.25, 0.3) is 0 Å². The zero-order chi connectivity index (χ0) is 23.5. The van der Waals surface area contributed by atoms with Crippen LogP contribution in [0.1, 0.15) is 76.2 Å². The second-order valence-corrected chi connectivity index (χ2v) is 13.4. The van der Waals surface area contributed by atoms with Crippen molar-refractivity contribution in [2.75, 3.05) is 13.1 Å². The van der Waals surface area contributed by atoms with Crippen molar-refractivity contribution in [3.63, 3.8) is 0 Å². The molecule has 2 saturated heterocycles. The van der Waals surface area contributed by atoms with Gasteiger partial charge in [-0.2, -0.15) is 0 Å². The molecular formula is C27H41N3O3S. The molecule has 0 aromatic heterocycles. The highest BCUT2D eigenvalue weighted by molar-refractivity contribution is 7.92. The fraction of sp³-hybridized carbons (Fsp3) is 0.741. The molecule has 2 aliphatic carbocycles. The number of hydrogen-bond donors (Lipinski definition) is 3. The maximum atomic E-state index is 13.3. The van der Waals surface area contributed by atoms with E-state index >= 15 is 0 Å². The molecule has 2 aliphatic heterocycles. The molecule has 3 atom stereocenters. The Morgan fingerprint density at radius 2 is 1.59 bits per heavy atom. The number of carbonyl (C=O) groups is 1. The molecule has 34 heavy (non-hydrogen) atoms. The van der Waals surface area contributed by atoms with E-state index in [9.17, 15) is 13.2 Å². The third-order valence-electron chi connectivity index (χ3n) is 9.07. The molecule has 0 bridgehead atoms. The van der Waals surface area contributed by atoms with E-state index in [1.165, 1.54) is 32.1 Å². The number of rotatable bonds is 6. The molecule has 7 heteroatoms. The van der Waals surface area contributed by atoms with Gasteiger partial charge in [0.1, 0.15) is 0 Å². The van der Waals surface area contributed by atoms with Crippen LogP contribution in [0.4, 0.5) is 0 Å². The van der Waals surface area contributed by atoms with E-state index < -0.39 is 9.84 Å². The molecule has 4 fully saturated rings. The Morgan fingerprint density at radius 3 is 2.29 bits per heavy atom. The first-order valence-corrected chi connectivity index (χ1v) is 15.1. The Bertz CT molecular complexity index is 920. The van der Waals surface area contributed by atoms with E-state index in [1.54, 1.807) is 12.1 Å². The smallest absolute Gasteiger partial charge is 0.237 e. The third-order valence-corrected chi connectivity index (χ3v) is 11.3. The van der Waals surface area contributed by atoms with Crippen molar-refractivity contribution in [3.8, 4) is 0 Å². The van der Waals surface area contributed by atoms with Gasteiger partial charge in [-0.25, -0.2) is 8.42 Å². The normalized spacial score (nSPS) is 32.8. The number of carbonyl (C=O) groups excluding carboxylic acids is 1. The van der Waals surface area contributed by atoms with E-state index in [2.05, 4.69) is 16.0 Å². The van der Waals surface area contributed by atoms with Crippen LogP contribution in [-0.4, -0.2) is 44.7 Å². The number of hydrogen-bond acceptors (Lipinski definition) is 5. The first-order valence-electron chi connectivity index (χ1n) is 13.6. The molecule has 0 spiro atoms. The largest absolute Gasteiger partial charge is 0.351 e. The molecule has 4 aliphatic rings. The van der Waals surface area contributed by atoms with Gasteiger partial charge in [0, 0.05) is 12.6 Å². The highest BCUT2D eigenvalue weighted by Crippen LogP contribution is 2.40. The van der Waals surface area contributed by atoms with Gasteiger partial charge >= 0.3 is 0 Å². The molecule has 2 heterocycles. The first kappa shape index (κ1) is 24.3. The average molecular weight is 488 g/mol. The number of fused-ring (bicyclic) bond motifs is 1. The standard InChI is InChI=1S/C27H41N3O3S/c31-27(26-16-22-18-28-15-14-25(22)30-26)29-17-19-6-10-23(11-7-19)34(32,33)24-12-8-21(9-13-24)20-4-2-1-3-5-20/h6-7,10-11,20-22,24-26,28,30H,1-5,8-9,12-18H2,(H,29,31). The lowest BCUT2D eigenvalue weighted by molar-refractivity contribution is -0.123. The lowest BCUT2D eigenvalue weighted by Crippen LogP contribution is -2.45. The summed E-state index contributed by atoms with van der Waals surface area (Å²) in [5, 5.41) is 9.69. The fourth-order valence-electron chi connectivity index (χ4n) is 6.98. The van der Waals surface area contributed by atoms with Gasteiger partial charge in [0.25, 0.3) is 0 Å². The lowest BCUT2D eigenvalue weighted by Gasteiger charge is -2.35. The highest BCUT2D eigenvalue weighted by Gasteiger charge is 2.38. The van der Waals surface area contributed by atoms with Crippen LogP contribution in [-0.2, 0) is 21.2 Å². The maximum absolute atomic E-state index is 13.3. The van der Waals surface area contributed by atoms with Crippen molar-refractivity contribution in [2.45, 2.75) is 99.4 Å². The van der Waals surface area contributed by atoms with E-state index in [4.69, 9.17) is 0 Å². The molecule has 1 amide bonds. The van der Waals surface area contributed by atoms with Crippen LogP contribution in [0, 0.1) is 17.8 Å². The van der Waals surface area contributed by atoms with Crippen molar-refractivity contribution < 1.29 is 13.2 Å². The zero-order valence-corrected chi connectivity index (χ0v) is 21.1. The van der Waals surface area contributed by atoms with Gasteiger partial charge in [0.05, 0.1) is 16.2 Å². The third kappa shape index (κ3) is 5.36. The fourth-order valence-corrected chi connectivity index (χ4v) is 8.77. The van der Waals surface area contributed by atoms with Gasteiger partial charge in [0.15, 0.2) is 9.84 Å². The lowest BCUT2D eigenvalue weighted by atomic mass is 9.73. The molecule has 188 valence electrons. The molecule has 1 aromatic carbocycles. The summed E-state index contributed by atoms with van der Waals surface area (Å²) in [6.45, 7) is 2.43. The number of nitrogens with one attached hydrogen (secondary N) is 3. The monoisotopic (exact) mass is 487 g/mol. The minimum absolute atomic E-state index is 0.0424. The SMILES string of the molecule is O=C(NCc1ccc(S(=O)(=O)C2CCC(C3CCCCC3)CC2)cc1)C1CC2CNCCC2N1. The van der Waals surface area contributed by atoms with Crippen LogP contribution >= 0.6 is 0 Å². The van der Waals surface area contributed by atoms with Gasteiger partial charge in [-0.1, -0.05) is 44.2 Å². The second kappa shape index (κ2) is 10.7. The molecule has 6 nitrogen and oxygen atoms in total. The molecule has 2 saturated carbocycles. The predicted octanol–water partition coefficient (Wildman–Crippen LogP) is 3.56. The topological polar surface area (TPSA) is 87.3 Å². The maximum Gasteiger partial charge on any atom is 0.237 e. The quantitative estimate of drug-likeness (QED) is 0.571. The summed E-state index contributed by atoms with van der Waals surface area (Å²) in [7, 11) is -3.29. The molecule has 3 unspecified atom stereocenters. The summed E-state index contributed by atoms with van der Waals surface area (Å²) in [4.78, 5) is 13.1. The van der Waals surface area contributed by atoms with Crippen molar-refractivity contribution in [1.29, 1.82) is 0 Å². The predicted molar refractivity (Wildman–Crippen MR) is 134 cm³/mol. The minimum Gasteiger partial charge on any atom is -0.351 e. The number of sulfone groups is 1. The summed E-state index contributed by atoms with van der Waals surface area (Å²) in [5.41, 5.74) is 0.936. The van der Waals surface area contributed by atoms with Crippen molar-refractivity contribution in [3.05, 3.63) is 29.8 Å². The van der Waals surface area contributed by atoms with Crippen molar-refractivity contribution >= 4 is 15.7 Å². The molecule has 3 N–H and O–H groups in total. The van der Waals surface area contributed by atoms with Gasteiger partial charge in [-0.15, -0.1) is 0 Å². The summed E-state index contributed by atoms with van der Waals surface area (Å²) in [6, 6.07) is 7.49. The van der Waals surface area contributed by atoms with Gasteiger partial charge in [-0.3, -0.25) is 4.79 Å². The van der Waals surface area contributed by atoms with Gasteiger partial charge < -0.3 is 16.0 Å². The van der Waals surface area contributed by atoms with Crippen LogP contribution in [0.15, 0.2) is 29.2 Å². The van der Waals surface area contributed by atoms with E-state index in [-0.39, 0.29) is 17.2 Å². The minimum atomic E-state index is -3.29. The molecule has 1 aromatic rings. The Kier molecular flexibility index (Phi) is 7.61. The van der Waals surface area contributed by atoms with Gasteiger partial charge in [0.2, 0.25) is 5.91 Å². The first-order chi connectivity index (χ1) is 16.5. The van der Waals surface area contributed by atoms with Gasteiger partial charge in [-0.05, 0) is 87.1 Å². The summed E-state index contributed by atoms with van der Waals surface area (Å²) in [5.74, 6) is 2.13. The number of benzene rings is 1.